The van der Waals surface area contributed by atoms with E-state index < -0.39 is 17.5 Å². The molecule has 2 rings (SSSR count). The van der Waals surface area contributed by atoms with Crippen LogP contribution in [-0.4, -0.2) is 36.2 Å². The largest absolute Gasteiger partial charge is 0.507 e. The van der Waals surface area contributed by atoms with Crippen molar-refractivity contribution in [3.05, 3.63) is 27.7 Å². The smallest absolute Gasteiger partial charge is 0.420 e. The van der Waals surface area contributed by atoms with Gasteiger partial charge in [-0.05, 0) is 19.1 Å². The number of aromatic hydroxyl groups is 1. The Hall–Kier alpha value is -0.790. The summed E-state index contributed by atoms with van der Waals surface area (Å²) in [5, 5.41) is 13.2. The summed E-state index contributed by atoms with van der Waals surface area (Å²) in [5.41, 5.74) is -0.697. The second kappa shape index (κ2) is 5.91. The minimum Gasteiger partial charge on any atom is -0.507 e. The standard InChI is InChI=1S/C13H16BrF3N2O/c1-8(19-4-2-18-3-5-19)10-6-9(14)7-11(12(10)20)13(15,16)17/h6-8,18,20H,2-5H2,1H3/t8-/m1/s1. The molecule has 20 heavy (non-hydrogen) atoms. The molecule has 3 nitrogen and oxygen atoms in total. The van der Waals surface area contributed by atoms with E-state index in [0.717, 1.165) is 32.2 Å². The molecule has 0 radical (unpaired) electrons. The van der Waals surface area contributed by atoms with Crippen molar-refractivity contribution in [2.24, 2.45) is 0 Å². The van der Waals surface area contributed by atoms with Crippen molar-refractivity contribution >= 4 is 15.9 Å². The molecule has 1 saturated heterocycles. The maximum absolute atomic E-state index is 12.9. The highest BCUT2D eigenvalue weighted by Gasteiger charge is 2.36. The molecular weight excluding hydrogens is 337 g/mol. The summed E-state index contributed by atoms with van der Waals surface area (Å²) in [6.45, 7) is 4.90. The molecular formula is C13H16BrF3N2O. The number of phenols is 1. The van der Waals surface area contributed by atoms with Gasteiger partial charge in [0, 0.05) is 42.3 Å². The van der Waals surface area contributed by atoms with E-state index in [4.69, 9.17) is 0 Å². The normalized spacial score (nSPS) is 19.1. The topological polar surface area (TPSA) is 35.5 Å². The zero-order valence-electron chi connectivity index (χ0n) is 11.0. The van der Waals surface area contributed by atoms with Crippen LogP contribution in [0.25, 0.3) is 0 Å². The summed E-state index contributed by atoms with van der Waals surface area (Å²) in [6.07, 6.45) is -4.56. The van der Waals surface area contributed by atoms with Gasteiger partial charge >= 0.3 is 6.18 Å². The number of halogens is 4. The van der Waals surface area contributed by atoms with Gasteiger partial charge in [0.1, 0.15) is 5.75 Å². The molecule has 1 aromatic rings. The van der Waals surface area contributed by atoms with Crippen LogP contribution in [0, 0.1) is 0 Å². The molecule has 1 atom stereocenters. The van der Waals surface area contributed by atoms with Gasteiger partial charge in [-0.15, -0.1) is 0 Å². The van der Waals surface area contributed by atoms with Gasteiger partial charge in [0.05, 0.1) is 5.56 Å². The molecule has 0 spiro atoms. The molecule has 1 aliphatic heterocycles. The average molecular weight is 353 g/mol. The highest BCUT2D eigenvalue weighted by atomic mass is 79.9. The van der Waals surface area contributed by atoms with Crippen LogP contribution in [0.1, 0.15) is 24.1 Å². The van der Waals surface area contributed by atoms with Gasteiger partial charge in [0.2, 0.25) is 0 Å². The first-order valence-electron chi connectivity index (χ1n) is 6.35. The average Bonchev–Trinajstić information content (AvgIpc) is 2.40. The summed E-state index contributed by atoms with van der Waals surface area (Å²) >= 11 is 3.09. The van der Waals surface area contributed by atoms with Crippen molar-refractivity contribution in [1.82, 2.24) is 10.2 Å². The van der Waals surface area contributed by atoms with E-state index in [-0.39, 0.29) is 6.04 Å². The zero-order valence-corrected chi connectivity index (χ0v) is 12.6. The van der Waals surface area contributed by atoms with Gasteiger partial charge in [0.15, 0.2) is 0 Å². The van der Waals surface area contributed by atoms with Crippen molar-refractivity contribution in [3.8, 4) is 5.75 Å². The molecule has 1 aliphatic rings. The first-order valence-corrected chi connectivity index (χ1v) is 7.14. The van der Waals surface area contributed by atoms with Crippen LogP contribution in [0.3, 0.4) is 0 Å². The fourth-order valence-electron chi connectivity index (χ4n) is 2.42. The highest BCUT2D eigenvalue weighted by molar-refractivity contribution is 9.10. The summed E-state index contributed by atoms with van der Waals surface area (Å²) in [6, 6.07) is 2.19. The summed E-state index contributed by atoms with van der Waals surface area (Å²) in [4.78, 5) is 2.05. The number of benzene rings is 1. The Morgan fingerprint density at radius 2 is 1.90 bits per heavy atom. The molecule has 1 heterocycles. The second-order valence-corrected chi connectivity index (χ2v) is 5.77. The van der Waals surface area contributed by atoms with Crippen LogP contribution in [0.15, 0.2) is 16.6 Å². The molecule has 0 saturated carbocycles. The van der Waals surface area contributed by atoms with Crippen molar-refractivity contribution < 1.29 is 18.3 Å². The van der Waals surface area contributed by atoms with E-state index in [1.807, 2.05) is 6.92 Å². The highest BCUT2D eigenvalue weighted by Crippen LogP contribution is 2.42. The fraction of sp³-hybridized carbons (Fsp3) is 0.538. The van der Waals surface area contributed by atoms with Gasteiger partial charge in [-0.3, -0.25) is 4.90 Å². The molecule has 0 aromatic heterocycles. The molecule has 0 aliphatic carbocycles. The number of nitrogens with one attached hydrogen (secondary N) is 1. The lowest BCUT2D eigenvalue weighted by Gasteiger charge is -2.33. The quantitative estimate of drug-likeness (QED) is 0.858. The third-order valence-electron chi connectivity index (χ3n) is 3.56. The number of hydrogen-bond acceptors (Lipinski definition) is 3. The van der Waals surface area contributed by atoms with Crippen molar-refractivity contribution in [3.63, 3.8) is 0 Å². The lowest BCUT2D eigenvalue weighted by atomic mass is 10.0. The van der Waals surface area contributed by atoms with Crippen molar-refractivity contribution in [1.29, 1.82) is 0 Å². The number of rotatable bonds is 2. The van der Waals surface area contributed by atoms with E-state index in [1.54, 1.807) is 6.07 Å². The predicted octanol–water partition coefficient (Wildman–Crippen LogP) is 3.14. The Morgan fingerprint density at radius 3 is 2.45 bits per heavy atom. The van der Waals surface area contributed by atoms with Gasteiger partial charge < -0.3 is 10.4 Å². The lowest BCUT2D eigenvalue weighted by molar-refractivity contribution is -0.138. The van der Waals surface area contributed by atoms with Gasteiger partial charge in [-0.1, -0.05) is 15.9 Å². The molecule has 1 fully saturated rings. The Morgan fingerprint density at radius 1 is 1.30 bits per heavy atom. The van der Waals surface area contributed by atoms with E-state index >= 15 is 0 Å². The lowest BCUT2D eigenvalue weighted by Crippen LogP contribution is -2.44. The van der Waals surface area contributed by atoms with Gasteiger partial charge in [-0.25, -0.2) is 0 Å². The van der Waals surface area contributed by atoms with Crippen molar-refractivity contribution in [2.45, 2.75) is 19.1 Å². The molecule has 2 N–H and O–H groups in total. The summed E-state index contributed by atoms with van der Waals surface area (Å²) in [5.74, 6) is -0.674. The maximum Gasteiger partial charge on any atom is 0.420 e. The molecule has 1 aromatic carbocycles. The van der Waals surface area contributed by atoms with E-state index in [2.05, 4.69) is 26.1 Å². The Bertz CT molecular complexity index is 487. The van der Waals surface area contributed by atoms with Crippen LogP contribution in [-0.2, 0) is 6.18 Å². The predicted molar refractivity (Wildman–Crippen MR) is 73.7 cm³/mol. The number of alkyl halides is 3. The Kier molecular flexibility index (Phi) is 4.61. The van der Waals surface area contributed by atoms with Crippen LogP contribution in [0.4, 0.5) is 13.2 Å². The zero-order chi connectivity index (χ0) is 14.9. The first kappa shape index (κ1) is 15.6. The fourth-order valence-corrected chi connectivity index (χ4v) is 2.90. The van der Waals surface area contributed by atoms with E-state index in [0.29, 0.717) is 10.0 Å². The van der Waals surface area contributed by atoms with Crippen molar-refractivity contribution in [2.75, 3.05) is 26.2 Å². The monoisotopic (exact) mass is 352 g/mol. The number of hydrogen-bond donors (Lipinski definition) is 2. The Balaban J connectivity index is 2.38. The molecule has 7 heteroatoms. The number of phenolic OH excluding ortho intramolecular Hbond substituents is 1. The van der Waals surface area contributed by atoms with Crippen LogP contribution < -0.4 is 5.32 Å². The maximum atomic E-state index is 12.9. The second-order valence-electron chi connectivity index (χ2n) is 4.85. The van der Waals surface area contributed by atoms with E-state index in [9.17, 15) is 18.3 Å². The molecule has 0 unspecified atom stereocenters. The third kappa shape index (κ3) is 3.27. The van der Waals surface area contributed by atoms with Crippen LogP contribution in [0.2, 0.25) is 0 Å². The number of piperazine rings is 1. The number of nitrogens with zero attached hydrogens (tertiary/aromatic N) is 1. The minimum atomic E-state index is -4.56. The van der Waals surface area contributed by atoms with Gasteiger partial charge in [-0.2, -0.15) is 13.2 Å². The SMILES string of the molecule is C[C@H](c1cc(Br)cc(C(F)(F)F)c1O)N1CCNCC1. The van der Waals surface area contributed by atoms with E-state index in [1.165, 1.54) is 0 Å². The third-order valence-corrected chi connectivity index (χ3v) is 4.02. The van der Waals surface area contributed by atoms with Gasteiger partial charge in [0.25, 0.3) is 0 Å². The summed E-state index contributed by atoms with van der Waals surface area (Å²) in [7, 11) is 0. The first-order chi connectivity index (χ1) is 9.30. The van der Waals surface area contributed by atoms with Crippen LogP contribution >= 0.6 is 15.9 Å². The summed E-state index contributed by atoms with van der Waals surface area (Å²) < 4.78 is 39.0. The molecule has 112 valence electrons. The molecule has 0 bridgehead atoms. The Labute approximate surface area is 123 Å². The van der Waals surface area contributed by atoms with Crippen LogP contribution in [0.5, 0.6) is 5.75 Å². The molecule has 0 amide bonds. The minimum absolute atomic E-state index is 0.268.